The van der Waals surface area contributed by atoms with Gasteiger partial charge in [0.1, 0.15) is 22.9 Å². The van der Waals surface area contributed by atoms with Gasteiger partial charge in [-0.2, -0.15) is 0 Å². The highest BCUT2D eigenvalue weighted by Gasteiger charge is 2.31. The molecular formula is C26H27F2N3O3S. The Balaban J connectivity index is 1.52. The second-order valence-corrected chi connectivity index (χ2v) is 10.0. The Labute approximate surface area is 206 Å². The van der Waals surface area contributed by atoms with Crippen molar-refractivity contribution in [3.05, 3.63) is 65.7 Å². The molecule has 0 unspecified atom stereocenters. The number of anilines is 1. The fraction of sp³-hybridized carbons (Fsp3) is 0.346. The molecule has 184 valence electrons. The first-order chi connectivity index (χ1) is 16.7. The first kappa shape index (κ1) is 24.8. The van der Waals surface area contributed by atoms with Gasteiger partial charge in [0.25, 0.3) is 11.8 Å². The lowest BCUT2D eigenvalue weighted by Gasteiger charge is -2.24. The van der Waals surface area contributed by atoms with E-state index >= 15 is 0 Å². The van der Waals surface area contributed by atoms with E-state index in [0.717, 1.165) is 25.7 Å². The minimum atomic E-state index is -1.28. The molecule has 2 aromatic carbocycles. The van der Waals surface area contributed by atoms with Gasteiger partial charge in [0.15, 0.2) is 5.13 Å². The summed E-state index contributed by atoms with van der Waals surface area (Å²) in [7, 11) is 0. The van der Waals surface area contributed by atoms with Crippen molar-refractivity contribution >= 4 is 28.3 Å². The highest BCUT2D eigenvalue weighted by molar-refractivity contribution is 7.18. The zero-order valence-corrected chi connectivity index (χ0v) is 20.4. The van der Waals surface area contributed by atoms with E-state index in [1.54, 1.807) is 26.0 Å². The van der Waals surface area contributed by atoms with Gasteiger partial charge in [-0.1, -0.05) is 17.8 Å². The number of nitrogens with zero attached hydrogens (tertiary/aromatic N) is 1. The molecule has 0 radical (unpaired) electrons. The van der Waals surface area contributed by atoms with Crippen molar-refractivity contribution in [3.63, 3.8) is 0 Å². The van der Waals surface area contributed by atoms with Crippen molar-refractivity contribution in [2.24, 2.45) is 0 Å². The summed E-state index contributed by atoms with van der Waals surface area (Å²) in [6.07, 6.45) is 5.35. The van der Waals surface area contributed by atoms with Crippen LogP contribution in [0.5, 0.6) is 5.06 Å². The van der Waals surface area contributed by atoms with Gasteiger partial charge in [0.2, 0.25) is 5.06 Å². The third-order valence-corrected chi connectivity index (χ3v) is 6.72. The Kier molecular flexibility index (Phi) is 7.45. The number of rotatable bonds is 7. The van der Waals surface area contributed by atoms with Crippen molar-refractivity contribution in [2.75, 3.05) is 5.32 Å². The van der Waals surface area contributed by atoms with Gasteiger partial charge in [0.05, 0.1) is 6.10 Å². The molecule has 2 amide bonds. The van der Waals surface area contributed by atoms with E-state index in [-0.39, 0.29) is 17.5 Å². The summed E-state index contributed by atoms with van der Waals surface area (Å²) < 4.78 is 32.9. The number of aromatic nitrogens is 1. The summed E-state index contributed by atoms with van der Waals surface area (Å²) in [5.41, 5.74) is 0.169. The molecule has 4 rings (SSSR count). The molecule has 1 heterocycles. The van der Waals surface area contributed by atoms with Crippen LogP contribution in [-0.4, -0.2) is 28.4 Å². The van der Waals surface area contributed by atoms with Crippen LogP contribution in [0.2, 0.25) is 0 Å². The maximum absolute atomic E-state index is 13.5. The van der Waals surface area contributed by atoms with Gasteiger partial charge in [-0.25, -0.2) is 13.8 Å². The predicted octanol–water partition coefficient (Wildman–Crippen LogP) is 5.95. The number of hydrogen-bond donors (Lipinski definition) is 2. The van der Waals surface area contributed by atoms with Gasteiger partial charge < -0.3 is 10.1 Å². The Hall–Kier alpha value is -3.33. The maximum Gasteiger partial charge on any atom is 0.252 e. The van der Waals surface area contributed by atoms with E-state index in [4.69, 9.17) is 4.74 Å². The maximum atomic E-state index is 13.5. The van der Waals surface area contributed by atoms with Crippen molar-refractivity contribution < 1.29 is 23.1 Å². The zero-order chi connectivity index (χ0) is 25.0. The predicted molar refractivity (Wildman–Crippen MR) is 132 cm³/mol. The van der Waals surface area contributed by atoms with Gasteiger partial charge in [-0.15, -0.1) is 0 Å². The Morgan fingerprint density at radius 3 is 2.20 bits per heavy atom. The largest absolute Gasteiger partial charge is 0.479 e. The minimum absolute atomic E-state index is 0.0680. The Morgan fingerprint density at radius 1 is 0.971 bits per heavy atom. The summed E-state index contributed by atoms with van der Waals surface area (Å²) in [5.74, 6) is -1.79. The Bertz CT molecular complexity index is 1190. The van der Waals surface area contributed by atoms with Crippen molar-refractivity contribution in [3.8, 4) is 16.3 Å². The summed E-state index contributed by atoms with van der Waals surface area (Å²) in [4.78, 5) is 30.1. The number of amides is 2. The second-order valence-electron chi connectivity index (χ2n) is 9.08. The third-order valence-electron chi connectivity index (χ3n) is 5.86. The standard InChI is InChI=1S/C26H27F2N3O3S/c1-26(2,31-22(32)17-10-14-19(28)15-11-17)24(33)30-25-29-21(16-8-12-18(27)13-9-16)23(35-25)34-20-6-4-3-5-7-20/h8-15,20H,3-7H2,1-2H3,(H,31,32)(H,29,30,33). The molecule has 0 spiro atoms. The fourth-order valence-electron chi connectivity index (χ4n) is 3.83. The van der Waals surface area contributed by atoms with Crippen molar-refractivity contribution in [1.82, 2.24) is 10.3 Å². The van der Waals surface area contributed by atoms with Gasteiger partial charge in [-0.05, 0) is 88.1 Å². The molecule has 0 atom stereocenters. The van der Waals surface area contributed by atoms with Crippen LogP contribution in [0.25, 0.3) is 11.3 Å². The third kappa shape index (κ3) is 6.22. The van der Waals surface area contributed by atoms with Crippen LogP contribution in [0.15, 0.2) is 48.5 Å². The number of hydrogen-bond acceptors (Lipinski definition) is 5. The Morgan fingerprint density at radius 2 is 1.57 bits per heavy atom. The fourth-order valence-corrected chi connectivity index (χ4v) is 4.73. The number of carbonyl (C=O) groups is 2. The van der Waals surface area contributed by atoms with Crippen molar-refractivity contribution in [2.45, 2.75) is 57.6 Å². The van der Waals surface area contributed by atoms with Gasteiger partial charge in [0, 0.05) is 11.1 Å². The van der Waals surface area contributed by atoms with E-state index in [9.17, 15) is 18.4 Å². The molecule has 1 saturated carbocycles. The molecular weight excluding hydrogens is 472 g/mol. The van der Waals surface area contributed by atoms with Crippen LogP contribution in [0.4, 0.5) is 13.9 Å². The lowest BCUT2D eigenvalue weighted by atomic mass is 9.98. The molecule has 3 aromatic rings. The average Bonchev–Trinajstić information content (AvgIpc) is 3.22. The molecule has 0 aliphatic heterocycles. The molecule has 35 heavy (non-hydrogen) atoms. The smallest absolute Gasteiger partial charge is 0.252 e. The van der Waals surface area contributed by atoms with E-state index in [0.29, 0.717) is 21.5 Å². The molecule has 2 N–H and O–H groups in total. The average molecular weight is 500 g/mol. The van der Waals surface area contributed by atoms with Crippen LogP contribution in [-0.2, 0) is 4.79 Å². The number of carbonyl (C=O) groups excluding carboxylic acids is 2. The summed E-state index contributed by atoms with van der Waals surface area (Å²) in [6.45, 7) is 3.13. The summed E-state index contributed by atoms with van der Waals surface area (Å²) in [6, 6.07) is 11.0. The van der Waals surface area contributed by atoms with Gasteiger partial charge in [-0.3, -0.25) is 14.9 Å². The zero-order valence-electron chi connectivity index (χ0n) is 19.6. The first-order valence-electron chi connectivity index (χ1n) is 11.5. The topological polar surface area (TPSA) is 80.3 Å². The molecule has 1 fully saturated rings. The first-order valence-corrected chi connectivity index (χ1v) is 12.4. The molecule has 0 saturated heterocycles. The molecule has 6 nitrogen and oxygen atoms in total. The number of ether oxygens (including phenoxy) is 1. The quantitative estimate of drug-likeness (QED) is 0.421. The number of benzene rings is 2. The SMILES string of the molecule is CC(C)(NC(=O)c1ccc(F)cc1)C(=O)Nc1nc(-c2ccc(F)cc2)c(OC2CCCCC2)s1. The monoisotopic (exact) mass is 499 g/mol. The van der Waals surface area contributed by atoms with Gasteiger partial charge >= 0.3 is 0 Å². The lowest BCUT2D eigenvalue weighted by Crippen LogP contribution is -2.52. The van der Waals surface area contributed by atoms with Crippen LogP contribution in [0.3, 0.4) is 0 Å². The van der Waals surface area contributed by atoms with Crippen LogP contribution in [0.1, 0.15) is 56.3 Å². The number of nitrogens with one attached hydrogen (secondary N) is 2. The molecule has 1 aliphatic rings. The highest BCUT2D eigenvalue weighted by atomic mass is 32.1. The van der Waals surface area contributed by atoms with E-state index in [1.807, 2.05) is 0 Å². The number of halogens is 2. The molecule has 1 aliphatic carbocycles. The lowest BCUT2D eigenvalue weighted by molar-refractivity contribution is -0.120. The van der Waals surface area contributed by atoms with E-state index in [1.165, 1.54) is 54.2 Å². The van der Waals surface area contributed by atoms with E-state index in [2.05, 4.69) is 15.6 Å². The summed E-state index contributed by atoms with van der Waals surface area (Å²) in [5, 5.41) is 6.31. The summed E-state index contributed by atoms with van der Waals surface area (Å²) >= 11 is 1.20. The molecule has 1 aromatic heterocycles. The van der Waals surface area contributed by atoms with Crippen LogP contribution in [0, 0.1) is 11.6 Å². The minimum Gasteiger partial charge on any atom is -0.479 e. The van der Waals surface area contributed by atoms with E-state index < -0.39 is 23.2 Å². The van der Waals surface area contributed by atoms with Crippen molar-refractivity contribution in [1.29, 1.82) is 0 Å². The molecule has 0 bridgehead atoms. The van der Waals surface area contributed by atoms with Crippen LogP contribution < -0.4 is 15.4 Å². The second kappa shape index (κ2) is 10.5. The molecule has 9 heteroatoms. The number of thiazole rings is 1. The normalized spacial score (nSPS) is 14.4. The highest BCUT2D eigenvalue weighted by Crippen LogP contribution is 2.40. The van der Waals surface area contributed by atoms with Crippen LogP contribution >= 0.6 is 11.3 Å².